The van der Waals surface area contributed by atoms with Gasteiger partial charge in [-0.15, -0.1) is 0 Å². The van der Waals surface area contributed by atoms with Crippen molar-refractivity contribution in [3.63, 3.8) is 0 Å². The molecule has 0 amide bonds. The Labute approximate surface area is 252 Å². The van der Waals surface area contributed by atoms with Crippen LogP contribution < -0.4 is 0 Å². The van der Waals surface area contributed by atoms with Crippen LogP contribution in [0.25, 0.3) is 0 Å². The van der Waals surface area contributed by atoms with E-state index in [0.29, 0.717) is 37.9 Å². The zero-order valence-corrected chi connectivity index (χ0v) is 25.6. The van der Waals surface area contributed by atoms with Crippen molar-refractivity contribution in [2.24, 2.45) is 17.8 Å². The summed E-state index contributed by atoms with van der Waals surface area (Å²) in [5, 5.41) is 10.1. The summed E-state index contributed by atoms with van der Waals surface area (Å²) in [4.78, 5) is 49.7. The first-order valence-corrected chi connectivity index (χ1v) is 15.3. The van der Waals surface area contributed by atoms with E-state index in [-0.39, 0.29) is 54.3 Å². The molecule has 0 bridgehead atoms. The largest absolute Gasteiger partial charge is 0.466 e. The Morgan fingerprint density at radius 1 is 1.19 bits per heavy atom. The second-order valence-corrected chi connectivity index (χ2v) is 12.8. The minimum absolute atomic E-state index is 0.0544. The summed E-state index contributed by atoms with van der Waals surface area (Å²) < 4.78 is 23.1. The maximum absolute atomic E-state index is 13.8. The Balaban J connectivity index is 1.45. The van der Waals surface area contributed by atoms with Crippen molar-refractivity contribution in [2.45, 2.75) is 103 Å². The number of benzene rings is 1. The van der Waals surface area contributed by atoms with Gasteiger partial charge in [0.05, 0.1) is 19.1 Å². The minimum atomic E-state index is -1.00. The van der Waals surface area contributed by atoms with Crippen molar-refractivity contribution in [2.75, 3.05) is 6.61 Å². The van der Waals surface area contributed by atoms with Crippen LogP contribution in [0.15, 0.2) is 41.5 Å². The molecule has 232 valence electrons. The van der Waals surface area contributed by atoms with E-state index in [1.807, 2.05) is 32.0 Å². The fourth-order valence-corrected chi connectivity index (χ4v) is 7.83. The lowest BCUT2D eigenvalue weighted by Gasteiger charge is -2.43. The summed E-state index contributed by atoms with van der Waals surface area (Å²) in [6, 6.07) is 5.69. The standard InChI is InChI=1S/C34H42O9/c1-17(8-7-11-40-20(4)36)24-13-22(9-10-23(24)16-35)26-15-28-31(41-21(5)37)30-18(2)12-29-25(19(3)32(38)42-29)14-27(30)34(28,6)43-33(26)39/h9-10,13,17-18,25-26,28-29,31,35H,3,7-8,11-12,14-16H2,1-2,4-6H3/t17-,18+,25-,26-,28+,29+,31-,34-/m1/s1. The van der Waals surface area contributed by atoms with Crippen molar-refractivity contribution in [1.29, 1.82) is 0 Å². The van der Waals surface area contributed by atoms with Gasteiger partial charge in [0.25, 0.3) is 0 Å². The number of aliphatic hydroxyl groups excluding tert-OH is 1. The van der Waals surface area contributed by atoms with Crippen LogP contribution in [0, 0.1) is 17.8 Å². The summed E-state index contributed by atoms with van der Waals surface area (Å²) >= 11 is 0. The highest BCUT2D eigenvalue weighted by atomic mass is 16.6. The van der Waals surface area contributed by atoms with Gasteiger partial charge in [-0.3, -0.25) is 14.4 Å². The molecule has 4 aliphatic rings. The minimum Gasteiger partial charge on any atom is -0.466 e. The highest BCUT2D eigenvalue weighted by Gasteiger charge is 2.61. The van der Waals surface area contributed by atoms with Gasteiger partial charge < -0.3 is 24.1 Å². The van der Waals surface area contributed by atoms with Crippen molar-refractivity contribution in [1.82, 2.24) is 0 Å². The molecular weight excluding hydrogens is 552 g/mol. The molecule has 0 aromatic heterocycles. The summed E-state index contributed by atoms with van der Waals surface area (Å²) in [5.41, 5.74) is 3.80. The first kappa shape index (κ1) is 31.0. The molecule has 0 saturated carbocycles. The second kappa shape index (κ2) is 11.9. The molecule has 2 aliphatic carbocycles. The lowest BCUT2D eigenvalue weighted by Crippen LogP contribution is -2.49. The predicted octanol–water partition coefficient (Wildman–Crippen LogP) is 4.80. The van der Waals surface area contributed by atoms with Gasteiger partial charge in [-0.1, -0.05) is 38.6 Å². The summed E-state index contributed by atoms with van der Waals surface area (Å²) in [6.45, 7) is 13.0. The topological polar surface area (TPSA) is 125 Å². The molecule has 8 atom stereocenters. The Morgan fingerprint density at radius 2 is 1.93 bits per heavy atom. The maximum Gasteiger partial charge on any atom is 0.334 e. The third-order valence-electron chi connectivity index (χ3n) is 10.0. The highest BCUT2D eigenvalue weighted by molar-refractivity contribution is 5.91. The van der Waals surface area contributed by atoms with E-state index in [0.717, 1.165) is 34.3 Å². The summed E-state index contributed by atoms with van der Waals surface area (Å²) in [6.07, 6.45) is 1.98. The fraction of sp³-hybridized carbons (Fsp3) is 0.588. The number of hydrogen-bond donors (Lipinski definition) is 1. The van der Waals surface area contributed by atoms with Gasteiger partial charge in [0.1, 0.15) is 17.8 Å². The van der Waals surface area contributed by atoms with Crippen LogP contribution in [0.3, 0.4) is 0 Å². The van der Waals surface area contributed by atoms with Crippen LogP contribution in [-0.4, -0.2) is 53.4 Å². The van der Waals surface area contributed by atoms with Crippen molar-refractivity contribution in [3.8, 4) is 0 Å². The molecule has 0 spiro atoms. The Kier molecular flexibility index (Phi) is 8.58. The van der Waals surface area contributed by atoms with Crippen LogP contribution in [0.2, 0.25) is 0 Å². The summed E-state index contributed by atoms with van der Waals surface area (Å²) in [5.74, 6) is -2.58. The molecule has 1 aromatic rings. The van der Waals surface area contributed by atoms with Crippen molar-refractivity contribution < 1.29 is 43.2 Å². The molecule has 2 saturated heterocycles. The number of hydrogen-bond acceptors (Lipinski definition) is 9. The molecule has 2 aliphatic heterocycles. The zero-order chi connectivity index (χ0) is 31.2. The monoisotopic (exact) mass is 594 g/mol. The van der Waals surface area contributed by atoms with Crippen LogP contribution in [0.1, 0.15) is 95.2 Å². The molecular formula is C34H42O9. The average Bonchev–Trinajstić information content (AvgIpc) is 3.26. The molecule has 0 unspecified atom stereocenters. The third-order valence-corrected chi connectivity index (χ3v) is 10.0. The van der Waals surface area contributed by atoms with E-state index >= 15 is 0 Å². The normalized spacial score (nSPS) is 32.2. The van der Waals surface area contributed by atoms with Gasteiger partial charge in [0.2, 0.25) is 0 Å². The smallest absolute Gasteiger partial charge is 0.334 e. The van der Waals surface area contributed by atoms with Gasteiger partial charge >= 0.3 is 23.9 Å². The van der Waals surface area contributed by atoms with E-state index in [2.05, 4.69) is 13.5 Å². The number of fused-ring (bicyclic) bond motifs is 3. The number of carbonyl (C=O) groups excluding carboxylic acids is 4. The van der Waals surface area contributed by atoms with Gasteiger partial charge in [0.15, 0.2) is 0 Å². The Morgan fingerprint density at radius 3 is 2.60 bits per heavy atom. The number of esters is 4. The second-order valence-electron chi connectivity index (χ2n) is 12.8. The van der Waals surface area contributed by atoms with E-state index in [9.17, 15) is 24.3 Å². The number of rotatable bonds is 8. The SMILES string of the molecule is C=C1C(=O)O[C@H]2C[C@H](C)C3=C(C[C@H]12)[C@@]1(C)OC(=O)[C@@H](c2ccc(CO)c([C@H](C)CCCOC(C)=O)c2)C[C@H]1[C@H]3OC(C)=O. The number of carbonyl (C=O) groups is 4. The maximum atomic E-state index is 13.8. The lowest BCUT2D eigenvalue weighted by molar-refractivity contribution is -0.177. The molecule has 9 heteroatoms. The molecule has 0 radical (unpaired) electrons. The first-order chi connectivity index (χ1) is 20.3. The molecule has 2 fully saturated rings. The first-order valence-electron chi connectivity index (χ1n) is 15.3. The molecule has 9 nitrogen and oxygen atoms in total. The van der Waals surface area contributed by atoms with Gasteiger partial charge in [0, 0.05) is 31.3 Å². The van der Waals surface area contributed by atoms with Crippen LogP contribution in [0.5, 0.6) is 0 Å². The quantitative estimate of drug-likeness (QED) is 0.149. The van der Waals surface area contributed by atoms with E-state index in [1.54, 1.807) is 0 Å². The van der Waals surface area contributed by atoms with Crippen LogP contribution >= 0.6 is 0 Å². The van der Waals surface area contributed by atoms with Crippen LogP contribution in [-0.2, 0) is 44.7 Å². The fourth-order valence-electron chi connectivity index (χ4n) is 7.83. The Hall–Kier alpha value is -3.46. The summed E-state index contributed by atoms with van der Waals surface area (Å²) in [7, 11) is 0. The van der Waals surface area contributed by atoms with Crippen LogP contribution in [0.4, 0.5) is 0 Å². The predicted molar refractivity (Wildman–Crippen MR) is 155 cm³/mol. The van der Waals surface area contributed by atoms with Gasteiger partial charge in [-0.25, -0.2) is 4.79 Å². The van der Waals surface area contributed by atoms with Crippen molar-refractivity contribution in [3.05, 3.63) is 58.2 Å². The highest BCUT2D eigenvalue weighted by Crippen LogP contribution is 2.58. The van der Waals surface area contributed by atoms with E-state index < -0.39 is 23.6 Å². The lowest BCUT2D eigenvalue weighted by atomic mass is 9.73. The van der Waals surface area contributed by atoms with Gasteiger partial charge in [-0.05, 0) is 78.7 Å². The van der Waals surface area contributed by atoms with E-state index in [1.165, 1.54) is 13.8 Å². The number of aliphatic hydroxyl groups is 1. The van der Waals surface area contributed by atoms with Crippen molar-refractivity contribution >= 4 is 23.9 Å². The van der Waals surface area contributed by atoms with E-state index in [4.69, 9.17) is 18.9 Å². The molecule has 5 rings (SSSR count). The molecule has 1 aromatic carbocycles. The molecule has 43 heavy (non-hydrogen) atoms. The Bertz CT molecular complexity index is 1380. The van der Waals surface area contributed by atoms with Gasteiger partial charge in [-0.2, -0.15) is 0 Å². The zero-order valence-electron chi connectivity index (χ0n) is 25.6. The molecule has 1 N–H and O–H groups in total. The average molecular weight is 595 g/mol. The molecule has 2 heterocycles. The third kappa shape index (κ3) is 5.64. The number of ether oxygens (including phenoxy) is 4.